The Morgan fingerprint density at radius 1 is 1.32 bits per heavy atom. The first-order valence-corrected chi connectivity index (χ1v) is 7.48. The Hall–Kier alpha value is -1.09. The first kappa shape index (κ1) is 14.3. The van der Waals surface area contributed by atoms with Gasteiger partial charge in [-0.1, -0.05) is 38.2 Å². The van der Waals surface area contributed by atoms with E-state index in [-0.39, 0.29) is 0 Å². The molecular formula is C16H26N2O. The Morgan fingerprint density at radius 2 is 2.11 bits per heavy atom. The SMILES string of the molecule is CNC(Cc1ccc(OC)nc1)CC1CCCCC1. The standard InChI is InChI=1S/C16H26N2O/c1-17-15(10-13-6-4-3-5-7-13)11-14-8-9-16(19-2)18-12-14/h8-9,12-13,15,17H,3-7,10-11H2,1-2H3. The summed E-state index contributed by atoms with van der Waals surface area (Å²) >= 11 is 0. The van der Waals surface area contributed by atoms with Crippen molar-refractivity contribution >= 4 is 0 Å². The molecule has 1 fully saturated rings. The third kappa shape index (κ3) is 4.50. The molecule has 0 bridgehead atoms. The van der Waals surface area contributed by atoms with Gasteiger partial charge < -0.3 is 10.1 Å². The van der Waals surface area contributed by atoms with E-state index in [4.69, 9.17) is 4.74 Å². The fourth-order valence-corrected chi connectivity index (χ4v) is 3.07. The van der Waals surface area contributed by atoms with Crippen molar-refractivity contribution in [1.82, 2.24) is 10.3 Å². The maximum atomic E-state index is 5.10. The van der Waals surface area contributed by atoms with Crippen LogP contribution in [-0.2, 0) is 6.42 Å². The maximum absolute atomic E-state index is 5.10. The summed E-state index contributed by atoms with van der Waals surface area (Å²) in [6, 6.07) is 4.64. The Morgan fingerprint density at radius 3 is 2.68 bits per heavy atom. The van der Waals surface area contributed by atoms with Crippen molar-refractivity contribution in [3.63, 3.8) is 0 Å². The summed E-state index contributed by atoms with van der Waals surface area (Å²) in [6.07, 6.45) is 11.4. The fraction of sp³-hybridized carbons (Fsp3) is 0.688. The zero-order valence-electron chi connectivity index (χ0n) is 12.2. The lowest BCUT2D eigenvalue weighted by Crippen LogP contribution is -2.30. The van der Waals surface area contributed by atoms with Crippen LogP contribution in [0.4, 0.5) is 0 Å². The summed E-state index contributed by atoms with van der Waals surface area (Å²) in [5.74, 6) is 1.61. The second-order valence-electron chi connectivity index (χ2n) is 5.64. The lowest BCUT2D eigenvalue weighted by Gasteiger charge is -2.26. The van der Waals surface area contributed by atoms with E-state index in [2.05, 4.69) is 23.4 Å². The van der Waals surface area contributed by atoms with Crippen molar-refractivity contribution in [3.05, 3.63) is 23.9 Å². The number of methoxy groups -OCH3 is 1. The molecule has 2 rings (SSSR count). The number of pyridine rings is 1. The summed E-state index contributed by atoms with van der Waals surface area (Å²) in [5, 5.41) is 3.47. The molecule has 1 aromatic rings. The van der Waals surface area contributed by atoms with Crippen LogP contribution in [0.2, 0.25) is 0 Å². The molecule has 1 atom stereocenters. The van der Waals surface area contributed by atoms with Gasteiger partial charge in [0.25, 0.3) is 0 Å². The largest absolute Gasteiger partial charge is 0.481 e. The highest BCUT2D eigenvalue weighted by Gasteiger charge is 2.18. The minimum Gasteiger partial charge on any atom is -0.481 e. The molecule has 0 spiro atoms. The van der Waals surface area contributed by atoms with Gasteiger partial charge in [-0.3, -0.25) is 0 Å². The molecular weight excluding hydrogens is 236 g/mol. The van der Waals surface area contributed by atoms with E-state index in [0.717, 1.165) is 12.3 Å². The summed E-state index contributed by atoms with van der Waals surface area (Å²) in [4.78, 5) is 4.28. The minimum atomic E-state index is 0.568. The molecule has 19 heavy (non-hydrogen) atoms. The molecule has 3 nitrogen and oxygen atoms in total. The molecule has 1 aliphatic carbocycles. The van der Waals surface area contributed by atoms with Gasteiger partial charge >= 0.3 is 0 Å². The van der Waals surface area contributed by atoms with Crippen LogP contribution in [0.25, 0.3) is 0 Å². The highest BCUT2D eigenvalue weighted by Crippen LogP contribution is 2.28. The number of rotatable bonds is 6. The molecule has 0 amide bonds. The summed E-state index contributed by atoms with van der Waals surface area (Å²) in [7, 11) is 3.73. The average Bonchev–Trinajstić information content (AvgIpc) is 2.48. The number of hydrogen-bond acceptors (Lipinski definition) is 3. The topological polar surface area (TPSA) is 34.1 Å². The number of aromatic nitrogens is 1. The first-order valence-electron chi connectivity index (χ1n) is 7.48. The second kappa shape index (κ2) is 7.49. The molecule has 1 unspecified atom stereocenters. The van der Waals surface area contributed by atoms with E-state index in [1.807, 2.05) is 12.3 Å². The number of likely N-dealkylation sites (N-methyl/N-ethyl adjacent to an activating group) is 1. The number of nitrogens with one attached hydrogen (secondary N) is 1. The number of hydrogen-bond donors (Lipinski definition) is 1. The van der Waals surface area contributed by atoms with Crippen molar-refractivity contribution in [2.24, 2.45) is 5.92 Å². The van der Waals surface area contributed by atoms with Crippen molar-refractivity contribution in [3.8, 4) is 5.88 Å². The highest BCUT2D eigenvalue weighted by molar-refractivity contribution is 5.18. The van der Waals surface area contributed by atoms with E-state index < -0.39 is 0 Å². The van der Waals surface area contributed by atoms with Crippen molar-refractivity contribution in [1.29, 1.82) is 0 Å². The molecule has 1 heterocycles. The zero-order chi connectivity index (χ0) is 13.5. The van der Waals surface area contributed by atoms with Gasteiger partial charge in [-0.25, -0.2) is 4.98 Å². The molecule has 0 saturated heterocycles. The van der Waals surface area contributed by atoms with Gasteiger partial charge in [0, 0.05) is 18.3 Å². The van der Waals surface area contributed by atoms with Gasteiger partial charge in [0.2, 0.25) is 5.88 Å². The molecule has 1 aliphatic rings. The molecule has 1 saturated carbocycles. The Balaban J connectivity index is 1.86. The predicted octanol–water partition coefficient (Wildman–Crippen LogP) is 3.19. The Kier molecular flexibility index (Phi) is 5.64. The smallest absolute Gasteiger partial charge is 0.212 e. The van der Waals surface area contributed by atoms with Crippen LogP contribution in [0.1, 0.15) is 44.1 Å². The van der Waals surface area contributed by atoms with Crippen LogP contribution in [0.15, 0.2) is 18.3 Å². The van der Waals surface area contributed by atoms with E-state index in [1.54, 1.807) is 7.11 Å². The quantitative estimate of drug-likeness (QED) is 0.855. The predicted molar refractivity (Wildman–Crippen MR) is 78.5 cm³/mol. The van der Waals surface area contributed by atoms with Crippen molar-refractivity contribution < 1.29 is 4.74 Å². The third-order valence-electron chi connectivity index (χ3n) is 4.24. The van der Waals surface area contributed by atoms with Crippen LogP contribution in [0.3, 0.4) is 0 Å². The van der Waals surface area contributed by atoms with Crippen molar-refractivity contribution in [2.45, 2.75) is 51.0 Å². The molecule has 0 radical (unpaired) electrons. The van der Waals surface area contributed by atoms with Crippen molar-refractivity contribution in [2.75, 3.05) is 14.2 Å². The fourth-order valence-electron chi connectivity index (χ4n) is 3.07. The lowest BCUT2D eigenvalue weighted by atomic mass is 9.84. The monoisotopic (exact) mass is 262 g/mol. The minimum absolute atomic E-state index is 0.568. The molecule has 1 N–H and O–H groups in total. The highest BCUT2D eigenvalue weighted by atomic mass is 16.5. The van der Waals surface area contributed by atoms with Crippen LogP contribution >= 0.6 is 0 Å². The van der Waals surface area contributed by atoms with Gasteiger partial charge in [-0.2, -0.15) is 0 Å². The van der Waals surface area contributed by atoms with E-state index in [1.165, 1.54) is 44.1 Å². The van der Waals surface area contributed by atoms with E-state index in [0.29, 0.717) is 11.9 Å². The maximum Gasteiger partial charge on any atom is 0.212 e. The molecule has 1 aromatic heterocycles. The van der Waals surface area contributed by atoms with Crippen LogP contribution < -0.4 is 10.1 Å². The number of ether oxygens (including phenoxy) is 1. The van der Waals surface area contributed by atoms with E-state index >= 15 is 0 Å². The van der Waals surface area contributed by atoms with Gasteiger partial charge in [0.15, 0.2) is 0 Å². The lowest BCUT2D eigenvalue weighted by molar-refractivity contribution is 0.302. The zero-order valence-corrected chi connectivity index (χ0v) is 12.2. The van der Waals surface area contributed by atoms with Gasteiger partial charge in [0.1, 0.15) is 0 Å². The second-order valence-corrected chi connectivity index (χ2v) is 5.64. The Bertz CT molecular complexity index is 358. The molecule has 0 aromatic carbocycles. The van der Waals surface area contributed by atoms with Crippen LogP contribution in [0, 0.1) is 5.92 Å². The van der Waals surface area contributed by atoms with E-state index in [9.17, 15) is 0 Å². The average molecular weight is 262 g/mol. The number of nitrogens with zero attached hydrogens (tertiary/aromatic N) is 1. The summed E-state index contributed by atoms with van der Waals surface area (Å²) in [6.45, 7) is 0. The van der Waals surface area contributed by atoms with Gasteiger partial charge in [-0.05, 0) is 31.4 Å². The molecule has 0 aliphatic heterocycles. The molecule has 3 heteroatoms. The normalized spacial score (nSPS) is 18.2. The van der Waals surface area contributed by atoms with Gasteiger partial charge in [-0.15, -0.1) is 0 Å². The van der Waals surface area contributed by atoms with Crippen LogP contribution in [-0.4, -0.2) is 25.2 Å². The summed E-state index contributed by atoms with van der Waals surface area (Å²) in [5.41, 5.74) is 1.29. The first-order chi connectivity index (χ1) is 9.31. The Labute approximate surface area is 116 Å². The third-order valence-corrected chi connectivity index (χ3v) is 4.24. The summed E-state index contributed by atoms with van der Waals surface area (Å²) < 4.78 is 5.10. The van der Waals surface area contributed by atoms with Crippen LogP contribution in [0.5, 0.6) is 5.88 Å². The molecule has 106 valence electrons. The van der Waals surface area contributed by atoms with Gasteiger partial charge in [0.05, 0.1) is 7.11 Å².